The first-order valence-electron chi connectivity index (χ1n) is 6.42. The maximum Gasteiger partial charge on any atom is 0.332 e. The highest BCUT2D eigenvalue weighted by Gasteiger charge is 2.36. The summed E-state index contributed by atoms with van der Waals surface area (Å²) >= 11 is 5.73. The zero-order valence-corrected chi connectivity index (χ0v) is 11.8. The van der Waals surface area contributed by atoms with Crippen molar-refractivity contribution in [3.8, 4) is 0 Å². The van der Waals surface area contributed by atoms with Gasteiger partial charge in [-0.3, -0.25) is 4.79 Å². The molecule has 106 valence electrons. The number of hydrogen-bond donors (Lipinski definition) is 0. The van der Waals surface area contributed by atoms with Gasteiger partial charge in [-0.25, -0.2) is 14.7 Å². The minimum Gasteiger partial charge on any atom is -0.310 e. The Balaban J connectivity index is 1.79. The molecule has 0 aliphatic carbocycles. The van der Waals surface area contributed by atoms with Crippen LogP contribution in [0.2, 0.25) is 5.15 Å². The van der Waals surface area contributed by atoms with Crippen molar-refractivity contribution in [2.45, 2.75) is 6.54 Å². The molecular weight excluding hydrogens is 290 g/mol. The minimum atomic E-state index is -0.318. The lowest BCUT2D eigenvalue weighted by Crippen LogP contribution is -2.32. The van der Waals surface area contributed by atoms with E-state index in [0.717, 1.165) is 5.56 Å². The van der Waals surface area contributed by atoms with E-state index in [9.17, 15) is 9.59 Å². The van der Waals surface area contributed by atoms with Crippen LogP contribution in [0.25, 0.3) is 0 Å². The van der Waals surface area contributed by atoms with Gasteiger partial charge in [0.25, 0.3) is 5.91 Å². The van der Waals surface area contributed by atoms with Gasteiger partial charge in [0.2, 0.25) is 0 Å². The molecule has 0 radical (unpaired) electrons. The van der Waals surface area contributed by atoms with Crippen molar-refractivity contribution in [3.05, 3.63) is 59.4 Å². The van der Waals surface area contributed by atoms with Crippen LogP contribution < -0.4 is 4.90 Å². The summed E-state index contributed by atoms with van der Waals surface area (Å²) < 4.78 is 0. The van der Waals surface area contributed by atoms with E-state index in [0.29, 0.717) is 17.4 Å². The molecule has 2 aromatic rings. The normalized spacial score (nSPS) is 14.9. The van der Waals surface area contributed by atoms with Crippen LogP contribution in [0.4, 0.5) is 10.5 Å². The largest absolute Gasteiger partial charge is 0.332 e. The Morgan fingerprint density at radius 3 is 2.52 bits per heavy atom. The molecule has 1 aliphatic heterocycles. The van der Waals surface area contributed by atoms with E-state index in [4.69, 9.17) is 11.6 Å². The van der Waals surface area contributed by atoms with Crippen LogP contribution in [0.3, 0.4) is 0 Å². The number of anilines is 1. The average Bonchev–Trinajstić information content (AvgIpc) is 2.77. The van der Waals surface area contributed by atoms with Gasteiger partial charge in [0.15, 0.2) is 0 Å². The molecule has 1 aromatic carbocycles. The molecule has 1 fully saturated rings. The smallest absolute Gasteiger partial charge is 0.310 e. The maximum atomic E-state index is 12.4. The van der Waals surface area contributed by atoms with E-state index in [1.54, 1.807) is 42.6 Å². The number of hydrogen-bond acceptors (Lipinski definition) is 3. The Morgan fingerprint density at radius 2 is 1.86 bits per heavy atom. The molecule has 0 N–H and O–H groups in total. The fourth-order valence-electron chi connectivity index (χ4n) is 2.23. The highest BCUT2D eigenvalue weighted by atomic mass is 35.5. The summed E-state index contributed by atoms with van der Waals surface area (Å²) in [5.41, 5.74) is 1.42. The molecule has 1 saturated heterocycles. The first kappa shape index (κ1) is 13.6. The molecule has 0 bridgehead atoms. The van der Waals surface area contributed by atoms with Crippen molar-refractivity contribution in [2.24, 2.45) is 0 Å². The summed E-state index contributed by atoms with van der Waals surface area (Å²) in [5, 5.41) is 0.397. The van der Waals surface area contributed by atoms with E-state index < -0.39 is 0 Å². The van der Waals surface area contributed by atoms with Gasteiger partial charge in [0.1, 0.15) is 11.7 Å². The van der Waals surface area contributed by atoms with E-state index in [-0.39, 0.29) is 18.5 Å². The highest BCUT2D eigenvalue weighted by molar-refractivity contribution is 6.29. The number of aromatic nitrogens is 1. The Kier molecular flexibility index (Phi) is 3.58. The van der Waals surface area contributed by atoms with Crippen molar-refractivity contribution in [1.29, 1.82) is 0 Å². The lowest BCUT2D eigenvalue weighted by atomic mass is 10.3. The number of carbonyl (C=O) groups is 2. The number of rotatable bonds is 3. The topological polar surface area (TPSA) is 53.5 Å². The molecule has 0 atom stereocenters. The van der Waals surface area contributed by atoms with Crippen LogP contribution in [0.5, 0.6) is 0 Å². The third-order valence-corrected chi connectivity index (χ3v) is 3.44. The molecule has 0 saturated carbocycles. The first-order chi connectivity index (χ1) is 10.1. The summed E-state index contributed by atoms with van der Waals surface area (Å²) in [6.45, 7) is 0.397. The lowest BCUT2D eigenvalue weighted by molar-refractivity contribution is -0.116. The predicted molar refractivity (Wildman–Crippen MR) is 79.0 cm³/mol. The minimum absolute atomic E-state index is 0.0658. The second-order valence-corrected chi connectivity index (χ2v) is 5.08. The number of urea groups is 1. The number of amides is 3. The standard InChI is InChI=1S/C15H12ClN3O2/c16-13-7-6-11(8-17-13)9-18-10-14(20)19(15(18)21)12-4-2-1-3-5-12/h1-8H,9-10H2. The van der Waals surface area contributed by atoms with Gasteiger partial charge in [0.05, 0.1) is 5.69 Å². The van der Waals surface area contributed by atoms with Gasteiger partial charge in [-0.05, 0) is 23.8 Å². The van der Waals surface area contributed by atoms with E-state index >= 15 is 0 Å². The molecule has 21 heavy (non-hydrogen) atoms. The average molecular weight is 302 g/mol. The van der Waals surface area contributed by atoms with E-state index in [2.05, 4.69) is 4.98 Å². The number of imide groups is 1. The molecule has 6 heteroatoms. The number of pyridine rings is 1. The molecule has 2 heterocycles. The van der Waals surface area contributed by atoms with Gasteiger partial charge in [-0.2, -0.15) is 0 Å². The van der Waals surface area contributed by atoms with Crippen LogP contribution in [-0.4, -0.2) is 28.4 Å². The van der Waals surface area contributed by atoms with Crippen molar-refractivity contribution in [2.75, 3.05) is 11.4 Å². The number of para-hydroxylation sites is 1. The number of carbonyl (C=O) groups excluding carboxylic acids is 2. The van der Waals surface area contributed by atoms with Crippen LogP contribution in [0.15, 0.2) is 48.7 Å². The number of nitrogens with zero attached hydrogens (tertiary/aromatic N) is 3. The van der Waals surface area contributed by atoms with Crippen LogP contribution in [0.1, 0.15) is 5.56 Å². The van der Waals surface area contributed by atoms with Crippen LogP contribution >= 0.6 is 11.6 Å². The van der Waals surface area contributed by atoms with Crippen molar-refractivity contribution < 1.29 is 9.59 Å². The maximum absolute atomic E-state index is 12.4. The molecule has 1 aliphatic rings. The zero-order valence-electron chi connectivity index (χ0n) is 11.1. The molecule has 0 unspecified atom stereocenters. The van der Waals surface area contributed by atoms with Gasteiger partial charge in [-0.1, -0.05) is 35.9 Å². The van der Waals surface area contributed by atoms with E-state index in [1.165, 1.54) is 9.80 Å². The van der Waals surface area contributed by atoms with Gasteiger partial charge in [0, 0.05) is 12.7 Å². The molecule has 1 aromatic heterocycles. The first-order valence-corrected chi connectivity index (χ1v) is 6.80. The van der Waals surface area contributed by atoms with E-state index in [1.807, 2.05) is 6.07 Å². The summed E-state index contributed by atoms with van der Waals surface area (Å²) in [6.07, 6.45) is 1.60. The molecular formula is C15H12ClN3O2. The second-order valence-electron chi connectivity index (χ2n) is 4.69. The quantitative estimate of drug-likeness (QED) is 0.647. The highest BCUT2D eigenvalue weighted by Crippen LogP contribution is 2.22. The zero-order chi connectivity index (χ0) is 14.8. The Morgan fingerprint density at radius 1 is 1.10 bits per heavy atom. The van der Waals surface area contributed by atoms with Crippen molar-refractivity contribution in [1.82, 2.24) is 9.88 Å². The van der Waals surface area contributed by atoms with Gasteiger partial charge >= 0.3 is 6.03 Å². The third kappa shape index (κ3) is 2.73. The Bertz CT molecular complexity index is 673. The van der Waals surface area contributed by atoms with Gasteiger partial charge < -0.3 is 4.90 Å². The molecule has 5 nitrogen and oxygen atoms in total. The summed E-state index contributed by atoms with van der Waals surface area (Å²) in [5.74, 6) is -0.229. The van der Waals surface area contributed by atoms with Gasteiger partial charge in [-0.15, -0.1) is 0 Å². The molecule has 3 rings (SSSR count). The predicted octanol–water partition coefficient (Wildman–Crippen LogP) is 2.70. The SMILES string of the molecule is O=C1CN(Cc2ccc(Cl)nc2)C(=O)N1c1ccccc1. The summed E-state index contributed by atoms with van der Waals surface area (Å²) in [4.78, 5) is 31.1. The Hall–Kier alpha value is -2.40. The van der Waals surface area contributed by atoms with Crippen LogP contribution in [-0.2, 0) is 11.3 Å². The number of benzene rings is 1. The third-order valence-electron chi connectivity index (χ3n) is 3.21. The van der Waals surface area contributed by atoms with Crippen LogP contribution in [0, 0.1) is 0 Å². The Labute approximate surface area is 126 Å². The molecule has 0 spiro atoms. The van der Waals surface area contributed by atoms with Crippen molar-refractivity contribution in [3.63, 3.8) is 0 Å². The fourth-order valence-corrected chi connectivity index (χ4v) is 2.34. The summed E-state index contributed by atoms with van der Waals surface area (Å²) in [6, 6.07) is 12.0. The lowest BCUT2D eigenvalue weighted by Gasteiger charge is -2.17. The molecule has 3 amide bonds. The number of halogens is 1. The monoisotopic (exact) mass is 301 g/mol. The summed E-state index contributed by atoms with van der Waals surface area (Å²) in [7, 11) is 0. The fraction of sp³-hybridized carbons (Fsp3) is 0.133. The second kappa shape index (κ2) is 5.54. The van der Waals surface area contributed by atoms with Crippen molar-refractivity contribution >= 4 is 29.2 Å².